The third-order valence-electron chi connectivity index (χ3n) is 6.70. The summed E-state index contributed by atoms with van der Waals surface area (Å²) in [5.74, 6) is -1.80. The fourth-order valence-corrected chi connectivity index (χ4v) is 6.10. The minimum absolute atomic E-state index is 0.0333. The lowest BCUT2D eigenvalue weighted by molar-refractivity contribution is 0.0672. The summed E-state index contributed by atoms with van der Waals surface area (Å²) in [6.07, 6.45) is 3.41. The van der Waals surface area contributed by atoms with E-state index in [4.69, 9.17) is 0 Å². The lowest BCUT2D eigenvalue weighted by atomic mass is 10.1. The summed E-state index contributed by atoms with van der Waals surface area (Å²) in [5, 5.41) is 9.86. The molecule has 0 bridgehead atoms. The predicted molar refractivity (Wildman–Crippen MR) is 151 cm³/mol. The maximum absolute atomic E-state index is 13.4. The number of carboxylic acid groups (broad SMARTS) is 1. The van der Waals surface area contributed by atoms with E-state index in [2.05, 4.69) is 25.8 Å². The van der Waals surface area contributed by atoms with Crippen LogP contribution in [0.1, 0.15) is 20.7 Å². The first kappa shape index (κ1) is 26.6. The lowest BCUT2D eigenvalue weighted by Crippen LogP contribution is -2.49. The van der Waals surface area contributed by atoms with Crippen molar-refractivity contribution in [1.82, 2.24) is 9.88 Å². The van der Waals surface area contributed by atoms with E-state index in [1.54, 1.807) is 29.4 Å². The number of nitrogens with zero attached hydrogens (tertiary/aromatic N) is 3. The SMILES string of the molecule is O=C(O)c1cc(S(=O)(=O)c2ccc(-c3ccc(Br)cc3)cc2)ccc1C(=O)N1CCN(c2ccncc2)CC1. The van der Waals surface area contributed by atoms with Crippen LogP contribution in [-0.2, 0) is 9.84 Å². The number of pyridine rings is 1. The number of benzene rings is 3. The summed E-state index contributed by atoms with van der Waals surface area (Å²) in [5.41, 5.74) is 2.40. The van der Waals surface area contributed by atoms with Crippen LogP contribution in [0, 0.1) is 0 Å². The van der Waals surface area contributed by atoms with Crippen molar-refractivity contribution < 1.29 is 23.1 Å². The first-order valence-corrected chi connectivity index (χ1v) is 14.4. The zero-order valence-corrected chi connectivity index (χ0v) is 23.1. The summed E-state index contributed by atoms with van der Waals surface area (Å²) in [6.45, 7) is 1.98. The molecule has 0 saturated carbocycles. The minimum Gasteiger partial charge on any atom is -0.478 e. The van der Waals surface area contributed by atoms with Crippen molar-refractivity contribution in [3.05, 3.63) is 107 Å². The highest BCUT2D eigenvalue weighted by Crippen LogP contribution is 2.28. The molecule has 0 spiro atoms. The van der Waals surface area contributed by atoms with Crippen molar-refractivity contribution in [3.63, 3.8) is 0 Å². The first-order chi connectivity index (χ1) is 18.7. The number of sulfone groups is 1. The highest BCUT2D eigenvalue weighted by atomic mass is 79.9. The molecule has 0 atom stereocenters. The van der Waals surface area contributed by atoms with Crippen LogP contribution in [0.2, 0.25) is 0 Å². The Morgan fingerprint density at radius 2 is 1.31 bits per heavy atom. The summed E-state index contributed by atoms with van der Waals surface area (Å²) < 4.78 is 27.6. The Bertz CT molecular complexity index is 1620. The zero-order valence-electron chi connectivity index (χ0n) is 20.7. The standard InChI is InChI=1S/C29H24BrN3O5S/c30-22-5-1-20(2-6-22)21-3-7-24(8-4-21)39(37,38)25-9-10-26(27(19-25)29(35)36)28(34)33-17-15-32(16-18-33)23-11-13-31-14-12-23/h1-14,19H,15-18H2,(H,35,36). The Morgan fingerprint density at radius 1 is 0.744 bits per heavy atom. The fraction of sp³-hybridized carbons (Fsp3) is 0.138. The highest BCUT2D eigenvalue weighted by Gasteiger charge is 2.28. The molecule has 2 heterocycles. The quantitative estimate of drug-likeness (QED) is 0.329. The number of carbonyl (C=O) groups excluding carboxylic acids is 1. The van der Waals surface area contributed by atoms with Crippen LogP contribution in [-0.4, -0.2) is 61.5 Å². The van der Waals surface area contributed by atoms with E-state index in [1.807, 2.05) is 36.4 Å². The van der Waals surface area contributed by atoms with E-state index in [9.17, 15) is 23.1 Å². The number of rotatable bonds is 6. The monoisotopic (exact) mass is 605 g/mol. The van der Waals surface area contributed by atoms with Crippen LogP contribution in [0.15, 0.2) is 106 Å². The zero-order chi connectivity index (χ0) is 27.6. The normalized spacial score (nSPS) is 13.8. The third-order valence-corrected chi connectivity index (χ3v) is 9.00. The van der Waals surface area contributed by atoms with Crippen LogP contribution >= 0.6 is 15.9 Å². The van der Waals surface area contributed by atoms with Gasteiger partial charge in [0.15, 0.2) is 0 Å². The van der Waals surface area contributed by atoms with E-state index in [0.717, 1.165) is 27.4 Å². The Balaban J connectivity index is 1.36. The Labute approximate surface area is 234 Å². The summed E-state index contributed by atoms with van der Waals surface area (Å²) in [4.78, 5) is 33.0. The Kier molecular flexibility index (Phi) is 7.49. The van der Waals surface area contributed by atoms with E-state index >= 15 is 0 Å². The summed E-state index contributed by atoms with van der Waals surface area (Å²) >= 11 is 3.40. The van der Waals surface area contributed by atoms with Gasteiger partial charge in [0.1, 0.15) is 0 Å². The second-order valence-corrected chi connectivity index (χ2v) is 11.9. The predicted octanol–water partition coefficient (Wildman–Crippen LogP) is 5.00. The first-order valence-electron chi connectivity index (χ1n) is 12.2. The maximum atomic E-state index is 13.4. The molecular weight excluding hydrogens is 582 g/mol. The van der Waals surface area contributed by atoms with E-state index in [-0.39, 0.29) is 20.9 Å². The van der Waals surface area contributed by atoms with Gasteiger partial charge in [-0.05, 0) is 65.7 Å². The van der Waals surface area contributed by atoms with Crippen LogP contribution in [0.25, 0.3) is 11.1 Å². The van der Waals surface area contributed by atoms with Crippen LogP contribution < -0.4 is 4.90 Å². The minimum atomic E-state index is -4.01. The van der Waals surface area contributed by atoms with Gasteiger partial charge in [0, 0.05) is 48.7 Å². The molecule has 4 aromatic rings. The van der Waals surface area contributed by atoms with Gasteiger partial charge >= 0.3 is 5.97 Å². The molecule has 198 valence electrons. The topological polar surface area (TPSA) is 108 Å². The number of halogens is 1. The van der Waals surface area contributed by atoms with E-state index < -0.39 is 21.7 Å². The number of piperazine rings is 1. The van der Waals surface area contributed by atoms with Gasteiger partial charge in [0.25, 0.3) is 5.91 Å². The molecule has 1 aliphatic rings. The molecule has 1 amide bonds. The smallest absolute Gasteiger partial charge is 0.336 e. The Morgan fingerprint density at radius 3 is 1.90 bits per heavy atom. The molecule has 10 heteroatoms. The van der Waals surface area contributed by atoms with Crippen molar-refractivity contribution in [2.24, 2.45) is 0 Å². The van der Waals surface area contributed by atoms with Crippen molar-refractivity contribution in [2.45, 2.75) is 9.79 Å². The second kappa shape index (κ2) is 11.0. The number of hydrogen-bond donors (Lipinski definition) is 1. The van der Waals surface area contributed by atoms with Crippen LogP contribution in [0.3, 0.4) is 0 Å². The number of anilines is 1. The molecule has 1 N–H and O–H groups in total. The second-order valence-electron chi connectivity index (χ2n) is 9.03. The lowest BCUT2D eigenvalue weighted by Gasteiger charge is -2.36. The average molecular weight is 606 g/mol. The van der Waals surface area contributed by atoms with Gasteiger partial charge in [-0.2, -0.15) is 0 Å². The number of aromatic carboxylic acids is 1. The van der Waals surface area contributed by atoms with Crippen LogP contribution in [0.4, 0.5) is 5.69 Å². The fourth-order valence-electron chi connectivity index (χ4n) is 4.55. The molecule has 0 radical (unpaired) electrons. The number of carbonyl (C=O) groups is 2. The molecule has 39 heavy (non-hydrogen) atoms. The Hall–Kier alpha value is -4.02. The molecule has 5 rings (SSSR count). The van der Waals surface area contributed by atoms with Crippen LogP contribution in [0.5, 0.6) is 0 Å². The third kappa shape index (κ3) is 5.57. The molecule has 1 fully saturated rings. The van der Waals surface area contributed by atoms with Gasteiger partial charge in [-0.15, -0.1) is 0 Å². The van der Waals surface area contributed by atoms with Gasteiger partial charge in [0.05, 0.1) is 20.9 Å². The van der Waals surface area contributed by atoms with Gasteiger partial charge in [-0.25, -0.2) is 13.2 Å². The van der Waals surface area contributed by atoms with E-state index in [0.29, 0.717) is 26.2 Å². The van der Waals surface area contributed by atoms with Gasteiger partial charge in [0.2, 0.25) is 9.84 Å². The molecule has 1 aromatic heterocycles. The number of carboxylic acids is 1. The van der Waals surface area contributed by atoms with E-state index in [1.165, 1.54) is 24.3 Å². The molecule has 0 unspecified atom stereocenters. The van der Waals surface area contributed by atoms with Crippen molar-refractivity contribution in [3.8, 4) is 11.1 Å². The largest absolute Gasteiger partial charge is 0.478 e. The van der Waals surface area contributed by atoms with Gasteiger partial charge < -0.3 is 14.9 Å². The highest BCUT2D eigenvalue weighted by molar-refractivity contribution is 9.10. The molecular formula is C29H24BrN3O5S. The molecule has 8 nitrogen and oxygen atoms in total. The maximum Gasteiger partial charge on any atom is 0.336 e. The van der Waals surface area contributed by atoms with Gasteiger partial charge in [-0.1, -0.05) is 40.2 Å². The van der Waals surface area contributed by atoms with Gasteiger partial charge in [-0.3, -0.25) is 9.78 Å². The summed E-state index contributed by atoms with van der Waals surface area (Å²) in [7, 11) is -4.01. The average Bonchev–Trinajstić information content (AvgIpc) is 2.97. The molecule has 0 aliphatic carbocycles. The molecule has 1 saturated heterocycles. The van der Waals surface area contributed by atoms with Crippen molar-refractivity contribution >= 4 is 43.3 Å². The number of hydrogen-bond acceptors (Lipinski definition) is 6. The van der Waals surface area contributed by atoms with Crippen molar-refractivity contribution in [1.29, 1.82) is 0 Å². The van der Waals surface area contributed by atoms with Crippen molar-refractivity contribution in [2.75, 3.05) is 31.1 Å². The summed E-state index contributed by atoms with van der Waals surface area (Å²) in [6, 6.07) is 21.5. The molecule has 1 aliphatic heterocycles. The molecule has 3 aromatic carbocycles. The number of aromatic nitrogens is 1. The number of amides is 1.